The van der Waals surface area contributed by atoms with Crippen LogP contribution in [0.4, 0.5) is 5.82 Å². The average Bonchev–Trinajstić information content (AvgIpc) is 2.60. The summed E-state index contributed by atoms with van der Waals surface area (Å²) in [7, 11) is 0. The third-order valence-electron chi connectivity index (χ3n) is 2.66. The lowest BCUT2D eigenvalue weighted by atomic mass is 10.0. The molecule has 0 radical (unpaired) electrons. The number of hydrogen-bond donors (Lipinski definition) is 1. The minimum absolute atomic E-state index is 0.0392. The Kier molecular flexibility index (Phi) is 2.80. The van der Waals surface area contributed by atoms with Crippen molar-refractivity contribution >= 4 is 17.4 Å². The maximum atomic E-state index is 5.92. The monoisotopic (exact) mass is 227 g/mol. The van der Waals surface area contributed by atoms with E-state index < -0.39 is 0 Å². The van der Waals surface area contributed by atoms with Crippen molar-refractivity contribution in [1.29, 1.82) is 0 Å². The van der Waals surface area contributed by atoms with Crippen LogP contribution in [-0.4, -0.2) is 28.7 Å². The molecule has 0 spiro atoms. The number of nitrogens with one attached hydrogen (secondary N) is 1. The fraction of sp³-hybridized carbons (Fsp3) is 0.600. The van der Waals surface area contributed by atoms with Crippen molar-refractivity contribution in [3.8, 4) is 0 Å². The van der Waals surface area contributed by atoms with Crippen LogP contribution in [0.2, 0.25) is 5.15 Å². The van der Waals surface area contributed by atoms with Crippen LogP contribution >= 0.6 is 11.6 Å². The molecule has 82 valence electrons. The van der Waals surface area contributed by atoms with Gasteiger partial charge in [-0.2, -0.15) is 0 Å². The highest BCUT2D eigenvalue weighted by atomic mass is 35.5. The van der Waals surface area contributed by atoms with Crippen LogP contribution in [0.25, 0.3) is 0 Å². The average molecular weight is 228 g/mol. The predicted octanol–water partition coefficient (Wildman–Crippen LogP) is 2.03. The van der Waals surface area contributed by atoms with Gasteiger partial charge in [-0.3, -0.25) is 0 Å². The molecule has 2 heterocycles. The summed E-state index contributed by atoms with van der Waals surface area (Å²) < 4.78 is 5.36. The highest BCUT2D eigenvalue weighted by Gasteiger charge is 2.30. The summed E-state index contributed by atoms with van der Waals surface area (Å²) in [6, 6.07) is 0. The minimum Gasteiger partial charge on any atom is -0.379 e. The van der Waals surface area contributed by atoms with Gasteiger partial charge < -0.3 is 10.1 Å². The predicted molar refractivity (Wildman–Crippen MR) is 59.2 cm³/mol. The van der Waals surface area contributed by atoms with Crippen LogP contribution in [0, 0.1) is 6.92 Å². The fourth-order valence-electron chi connectivity index (χ4n) is 1.61. The second kappa shape index (κ2) is 3.94. The Labute approximate surface area is 94.0 Å². The molecule has 2 rings (SSSR count). The van der Waals surface area contributed by atoms with E-state index in [4.69, 9.17) is 16.3 Å². The van der Waals surface area contributed by atoms with E-state index in [1.165, 1.54) is 6.33 Å². The van der Waals surface area contributed by atoms with Gasteiger partial charge in [0.1, 0.15) is 17.3 Å². The number of aromatic nitrogens is 2. The zero-order valence-electron chi connectivity index (χ0n) is 8.88. The van der Waals surface area contributed by atoms with Gasteiger partial charge in [-0.05, 0) is 20.3 Å². The second-order valence-corrected chi connectivity index (χ2v) is 4.48. The van der Waals surface area contributed by atoms with Crippen molar-refractivity contribution in [2.75, 3.05) is 18.5 Å². The van der Waals surface area contributed by atoms with Gasteiger partial charge in [0.2, 0.25) is 0 Å². The molecule has 1 saturated heterocycles. The highest BCUT2D eigenvalue weighted by Crippen LogP contribution is 2.26. The van der Waals surface area contributed by atoms with Crippen molar-refractivity contribution in [2.45, 2.75) is 25.8 Å². The van der Waals surface area contributed by atoms with Gasteiger partial charge in [0.05, 0.1) is 12.1 Å². The minimum atomic E-state index is -0.0392. The van der Waals surface area contributed by atoms with E-state index in [2.05, 4.69) is 22.2 Å². The fourth-order valence-corrected chi connectivity index (χ4v) is 1.74. The van der Waals surface area contributed by atoms with Crippen LogP contribution in [-0.2, 0) is 4.74 Å². The van der Waals surface area contributed by atoms with Gasteiger partial charge in [0.25, 0.3) is 0 Å². The summed E-state index contributed by atoms with van der Waals surface area (Å²) in [5.41, 5.74) is 0.843. The number of halogens is 1. The van der Waals surface area contributed by atoms with Crippen molar-refractivity contribution in [3.05, 3.63) is 17.0 Å². The van der Waals surface area contributed by atoms with Gasteiger partial charge in [-0.1, -0.05) is 11.6 Å². The zero-order valence-corrected chi connectivity index (χ0v) is 9.64. The Bertz CT molecular complexity index is 364. The number of anilines is 1. The molecule has 1 N–H and O–H groups in total. The number of nitrogens with zero attached hydrogens (tertiary/aromatic N) is 2. The summed E-state index contributed by atoms with van der Waals surface area (Å²) >= 11 is 5.92. The first-order chi connectivity index (χ1) is 7.11. The summed E-state index contributed by atoms with van der Waals surface area (Å²) in [6.07, 6.45) is 2.45. The van der Waals surface area contributed by atoms with Gasteiger partial charge in [-0.25, -0.2) is 9.97 Å². The molecule has 0 aliphatic carbocycles. The Morgan fingerprint density at radius 2 is 2.33 bits per heavy atom. The number of rotatable bonds is 2. The van der Waals surface area contributed by atoms with E-state index >= 15 is 0 Å². The van der Waals surface area contributed by atoms with Crippen LogP contribution in [0.15, 0.2) is 6.33 Å². The molecule has 5 heteroatoms. The van der Waals surface area contributed by atoms with Crippen molar-refractivity contribution in [3.63, 3.8) is 0 Å². The lowest BCUT2D eigenvalue weighted by Gasteiger charge is -2.25. The summed E-state index contributed by atoms with van der Waals surface area (Å²) in [4.78, 5) is 8.11. The maximum absolute atomic E-state index is 5.92. The molecule has 0 bridgehead atoms. The largest absolute Gasteiger partial charge is 0.379 e. The summed E-state index contributed by atoms with van der Waals surface area (Å²) in [6.45, 7) is 5.52. The van der Waals surface area contributed by atoms with Gasteiger partial charge in [0.15, 0.2) is 0 Å². The SMILES string of the molecule is Cc1c(Cl)ncnc1NC1(C)CCOC1. The van der Waals surface area contributed by atoms with Crippen molar-refractivity contribution in [1.82, 2.24) is 9.97 Å². The third-order valence-corrected chi connectivity index (χ3v) is 3.04. The van der Waals surface area contributed by atoms with E-state index in [0.717, 1.165) is 24.4 Å². The normalized spacial score (nSPS) is 25.5. The molecule has 1 aromatic heterocycles. The molecule has 1 atom stereocenters. The molecule has 1 aromatic rings. The molecule has 0 amide bonds. The molecule has 0 saturated carbocycles. The molecule has 1 fully saturated rings. The lowest BCUT2D eigenvalue weighted by molar-refractivity contribution is 0.185. The van der Waals surface area contributed by atoms with Gasteiger partial charge in [-0.15, -0.1) is 0 Å². The molecule has 15 heavy (non-hydrogen) atoms. The van der Waals surface area contributed by atoms with E-state index in [1.54, 1.807) is 0 Å². The van der Waals surface area contributed by atoms with Crippen LogP contribution in [0.1, 0.15) is 18.9 Å². The standard InChI is InChI=1S/C10H14ClN3O/c1-7-8(11)12-6-13-9(7)14-10(2)3-4-15-5-10/h6H,3-5H2,1-2H3,(H,12,13,14). The first-order valence-electron chi connectivity index (χ1n) is 4.94. The van der Waals surface area contributed by atoms with E-state index in [9.17, 15) is 0 Å². The summed E-state index contributed by atoms with van der Waals surface area (Å²) in [5.74, 6) is 0.794. The molecular weight excluding hydrogens is 214 g/mol. The Balaban J connectivity index is 2.20. The number of hydrogen-bond acceptors (Lipinski definition) is 4. The van der Waals surface area contributed by atoms with E-state index in [0.29, 0.717) is 11.8 Å². The topological polar surface area (TPSA) is 47.0 Å². The molecular formula is C10H14ClN3O. The molecule has 4 nitrogen and oxygen atoms in total. The van der Waals surface area contributed by atoms with Crippen LogP contribution < -0.4 is 5.32 Å². The highest BCUT2D eigenvalue weighted by molar-refractivity contribution is 6.30. The smallest absolute Gasteiger partial charge is 0.137 e. The third kappa shape index (κ3) is 2.21. The first-order valence-corrected chi connectivity index (χ1v) is 5.32. The van der Waals surface area contributed by atoms with Crippen molar-refractivity contribution in [2.24, 2.45) is 0 Å². The van der Waals surface area contributed by atoms with Crippen molar-refractivity contribution < 1.29 is 4.74 Å². The Morgan fingerprint density at radius 3 is 3.00 bits per heavy atom. The lowest BCUT2D eigenvalue weighted by Crippen LogP contribution is -2.35. The van der Waals surface area contributed by atoms with Crippen LogP contribution in [0.5, 0.6) is 0 Å². The molecule has 1 aliphatic heterocycles. The molecule has 1 aliphatic rings. The van der Waals surface area contributed by atoms with Crippen LogP contribution in [0.3, 0.4) is 0 Å². The number of ether oxygens (including phenoxy) is 1. The Morgan fingerprint density at radius 1 is 1.53 bits per heavy atom. The van der Waals surface area contributed by atoms with Gasteiger partial charge in [0, 0.05) is 12.2 Å². The Hall–Kier alpha value is -0.870. The molecule has 1 unspecified atom stereocenters. The molecule has 0 aromatic carbocycles. The quantitative estimate of drug-likeness (QED) is 0.786. The second-order valence-electron chi connectivity index (χ2n) is 4.13. The summed E-state index contributed by atoms with van der Waals surface area (Å²) in [5, 5.41) is 3.86. The maximum Gasteiger partial charge on any atom is 0.137 e. The van der Waals surface area contributed by atoms with E-state index in [-0.39, 0.29) is 5.54 Å². The van der Waals surface area contributed by atoms with E-state index in [1.807, 2.05) is 6.92 Å². The zero-order chi connectivity index (χ0) is 10.9. The van der Waals surface area contributed by atoms with Gasteiger partial charge >= 0.3 is 0 Å². The first kappa shape index (κ1) is 10.6.